The number of hydrogen-bond donors (Lipinski definition) is 2. The zero-order valence-electron chi connectivity index (χ0n) is 11.2. The maximum Gasteiger partial charge on any atom is 0.0445 e. The lowest BCUT2D eigenvalue weighted by Gasteiger charge is -2.37. The molecule has 0 bridgehead atoms. The van der Waals surface area contributed by atoms with Crippen LogP contribution >= 0.6 is 0 Å². The van der Waals surface area contributed by atoms with Crippen LogP contribution in [0.25, 0.3) is 0 Å². The van der Waals surface area contributed by atoms with E-state index in [2.05, 4.69) is 26.1 Å². The Morgan fingerprint density at radius 3 is 2.62 bits per heavy atom. The van der Waals surface area contributed by atoms with Crippen molar-refractivity contribution in [2.75, 3.05) is 6.61 Å². The molecule has 2 nitrogen and oxygen atoms in total. The zero-order valence-corrected chi connectivity index (χ0v) is 11.2. The van der Waals surface area contributed by atoms with Gasteiger partial charge >= 0.3 is 0 Å². The largest absolute Gasteiger partial charge is 0.396 e. The van der Waals surface area contributed by atoms with Crippen molar-refractivity contribution < 1.29 is 5.11 Å². The highest BCUT2D eigenvalue weighted by molar-refractivity contribution is 4.85. The molecule has 1 aliphatic rings. The molecule has 16 heavy (non-hydrogen) atoms. The van der Waals surface area contributed by atoms with E-state index >= 15 is 0 Å². The summed E-state index contributed by atoms with van der Waals surface area (Å²) in [4.78, 5) is 0. The fourth-order valence-electron chi connectivity index (χ4n) is 3.03. The average Bonchev–Trinajstić information content (AvgIpc) is 2.30. The van der Waals surface area contributed by atoms with Crippen molar-refractivity contribution in [3.8, 4) is 0 Å². The summed E-state index contributed by atoms with van der Waals surface area (Å²) in [6.45, 7) is 7.21. The van der Waals surface area contributed by atoms with Crippen molar-refractivity contribution >= 4 is 0 Å². The van der Waals surface area contributed by atoms with Crippen molar-refractivity contribution in [2.45, 2.75) is 71.4 Å². The summed E-state index contributed by atoms with van der Waals surface area (Å²) in [5.74, 6) is 1.75. The van der Waals surface area contributed by atoms with E-state index in [1.807, 2.05) is 0 Å². The highest BCUT2D eigenvalue weighted by Gasteiger charge is 2.28. The van der Waals surface area contributed by atoms with Crippen LogP contribution in [-0.2, 0) is 0 Å². The fourth-order valence-corrected chi connectivity index (χ4v) is 3.03. The van der Waals surface area contributed by atoms with Crippen molar-refractivity contribution in [3.05, 3.63) is 0 Å². The molecule has 0 aromatic rings. The molecule has 0 saturated heterocycles. The van der Waals surface area contributed by atoms with Gasteiger partial charge in [-0.2, -0.15) is 0 Å². The molecule has 1 fully saturated rings. The second kappa shape index (κ2) is 7.29. The lowest BCUT2D eigenvalue weighted by atomic mass is 9.77. The Morgan fingerprint density at radius 1 is 1.31 bits per heavy atom. The van der Waals surface area contributed by atoms with Gasteiger partial charge in [-0.05, 0) is 43.9 Å². The normalized spacial score (nSPS) is 32.6. The Balaban J connectivity index is 2.44. The quantitative estimate of drug-likeness (QED) is 0.731. The molecule has 0 aliphatic heterocycles. The van der Waals surface area contributed by atoms with Gasteiger partial charge < -0.3 is 10.4 Å². The van der Waals surface area contributed by atoms with Crippen molar-refractivity contribution in [3.63, 3.8) is 0 Å². The van der Waals surface area contributed by atoms with Crippen LogP contribution < -0.4 is 5.32 Å². The summed E-state index contributed by atoms with van der Waals surface area (Å²) in [7, 11) is 0. The van der Waals surface area contributed by atoms with Crippen LogP contribution in [0.5, 0.6) is 0 Å². The molecular weight excluding hydrogens is 198 g/mol. The third kappa shape index (κ3) is 4.06. The predicted molar refractivity (Wildman–Crippen MR) is 69.5 cm³/mol. The highest BCUT2D eigenvalue weighted by atomic mass is 16.3. The van der Waals surface area contributed by atoms with E-state index in [4.69, 9.17) is 5.11 Å². The van der Waals surface area contributed by atoms with E-state index in [1.165, 1.54) is 25.7 Å². The van der Waals surface area contributed by atoms with Gasteiger partial charge in [-0.25, -0.2) is 0 Å². The first kappa shape index (κ1) is 14.0. The van der Waals surface area contributed by atoms with Gasteiger partial charge in [0.15, 0.2) is 0 Å². The lowest BCUT2D eigenvalue weighted by molar-refractivity contribution is 0.180. The summed E-state index contributed by atoms with van der Waals surface area (Å²) < 4.78 is 0. The Hall–Kier alpha value is -0.0800. The topological polar surface area (TPSA) is 32.3 Å². The van der Waals surface area contributed by atoms with E-state index in [0.717, 1.165) is 24.7 Å². The molecule has 0 aromatic heterocycles. The molecule has 0 radical (unpaired) electrons. The zero-order chi connectivity index (χ0) is 12.0. The van der Waals surface area contributed by atoms with Gasteiger partial charge in [-0.15, -0.1) is 0 Å². The van der Waals surface area contributed by atoms with E-state index in [0.29, 0.717) is 18.7 Å². The Kier molecular flexibility index (Phi) is 6.37. The number of aliphatic hydroxyl groups excluding tert-OH is 1. The van der Waals surface area contributed by atoms with Gasteiger partial charge in [0.25, 0.3) is 0 Å². The molecule has 0 spiro atoms. The number of aliphatic hydroxyl groups is 1. The fraction of sp³-hybridized carbons (Fsp3) is 1.00. The van der Waals surface area contributed by atoms with Gasteiger partial charge in [-0.3, -0.25) is 0 Å². The number of rotatable bonds is 6. The van der Waals surface area contributed by atoms with Gasteiger partial charge in [0, 0.05) is 18.7 Å². The van der Waals surface area contributed by atoms with E-state index in [-0.39, 0.29) is 0 Å². The maximum atomic E-state index is 9.02. The summed E-state index contributed by atoms with van der Waals surface area (Å²) in [6.07, 6.45) is 7.38. The third-order valence-corrected chi connectivity index (χ3v) is 4.19. The SMILES string of the molecule is CCC(CCO)NC1CCC(C)CC1CC. The van der Waals surface area contributed by atoms with Crippen LogP contribution in [0, 0.1) is 11.8 Å². The molecular formula is C14H29NO. The summed E-state index contributed by atoms with van der Waals surface area (Å²) in [5, 5.41) is 12.8. The Labute approximate surface area is 101 Å². The first-order valence-electron chi connectivity index (χ1n) is 7.08. The van der Waals surface area contributed by atoms with Crippen molar-refractivity contribution in [1.82, 2.24) is 5.32 Å². The Bertz CT molecular complexity index is 184. The standard InChI is InChI=1S/C14H29NO/c1-4-12-10-11(3)6-7-14(12)15-13(5-2)8-9-16/h11-16H,4-10H2,1-3H3. The summed E-state index contributed by atoms with van der Waals surface area (Å²) >= 11 is 0. The van der Waals surface area contributed by atoms with Crippen molar-refractivity contribution in [2.24, 2.45) is 11.8 Å². The molecule has 1 saturated carbocycles. The average molecular weight is 227 g/mol. The van der Waals surface area contributed by atoms with E-state index < -0.39 is 0 Å². The molecule has 1 rings (SSSR count). The maximum absolute atomic E-state index is 9.02. The lowest BCUT2D eigenvalue weighted by Crippen LogP contribution is -2.45. The molecule has 0 aromatic carbocycles. The highest BCUT2D eigenvalue weighted by Crippen LogP contribution is 2.31. The summed E-state index contributed by atoms with van der Waals surface area (Å²) in [5.41, 5.74) is 0. The van der Waals surface area contributed by atoms with Gasteiger partial charge in [0.1, 0.15) is 0 Å². The van der Waals surface area contributed by atoms with Crippen LogP contribution in [0.4, 0.5) is 0 Å². The van der Waals surface area contributed by atoms with E-state index in [1.54, 1.807) is 0 Å². The minimum atomic E-state index is 0.311. The second-order valence-corrected chi connectivity index (χ2v) is 5.48. The van der Waals surface area contributed by atoms with Crippen LogP contribution in [0.2, 0.25) is 0 Å². The van der Waals surface area contributed by atoms with Crippen LogP contribution in [-0.4, -0.2) is 23.8 Å². The molecule has 4 atom stereocenters. The molecule has 0 amide bonds. The number of nitrogens with one attached hydrogen (secondary N) is 1. The molecule has 4 unspecified atom stereocenters. The van der Waals surface area contributed by atoms with Crippen LogP contribution in [0.3, 0.4) is 0 Å². The molecule has 2 heteroatoms. The molecule has 96 valence electrons. The predicted octanol–water partition coefficient (Wildman–Crippen LogP) is 2.95. The molecule has 2 N–H and O–H groups in total. The number of hydrogen-bond acceptors (Lipinski definition) is 2. The third-order valence-electron chi connectivity index (χ3n) is 4.19. The van der Waals surface area contributed by atoms with Gasteiger partial charge in [-0.1, -0.05) is 27.2 Å². The monoisotopic (exact) mass is 227 g/mol. The van der Waals surface area contributed by atoms with Crippen molar-refractivity contribution in [1.29, 1.82) is 0 Å². The smallest absolute Gasteiger partial charge is 0.0445 e. The van der Waals surface area contributed by atoms with Gasteiger partial charge in [0.2, 0.25) is 0 Å². The molecule has 0 heterocycles. The minimum absolute atomic E-state index is 0.311. The van der Waals surface area contributed by atoms with E-state index in [9.17, 15) is 0 Å². The van der Waals surface area contributed by atoms with Crippen LogP contribution in [0.15, 0.2) is 0 Å². The summed E-state index contributed by atoms with van der Waals surface area (Å²) in [6, 6.07) is 1.20. The second-order valence-electron chi connectivity index (χ2n) is 5.48. The molecule has 1 aliphatic carbocycles. The van der Waals surface area contributed by atoms with Gasteiger partial charge in [0.05, 0.1) is 0 Å². The van der Waals surface area contributed by atoms with Crippen LogP contribution in [0.1, 0.15) is 59.3 Å². The first-order chi connectivity index (χ1) is 7.71. The minimum Gasteiger partial charge on any atom is -0.396 e. The first-order valence-corrected chi connectivity index (χ1v) is 7.08. The Morgan fingerprint density at radius 2 is 2.06 bits per heavy atom.